The van der Waals surface area contributed by atoms with Crippen molar-refractivity contribution in [3.05, 3.63) is 42.0 Å². The molecule has 0 aliphatic carbocycles. The molecule has 0 fully saturated rings. The van der Waals surface area contributed by atoms with Gasteiger partial charge in [0, 0.05) is 17.8 Å². The van der Waals surface area contributed by atoms with Crippen molar-refractivity contribution in [3.63, 3.8) is 0 Å². The number of aliphatic hydroxyl groups excluding tert-OH is 1. The van der Waals surface area contributed by atoms with E-state index in [9.17, 15) is 5.11 Å². The number of rotatable bonds is 0. The Bertz CT molecular complexity index is 507. The van der Waals surface area contributed by atoms with Crippen LogP contribution in [0.1, 0.15) is 18.1 Å². The van der Waals surface area contributed by atoms with Crippen LogP contribution in [0.25, 0.3) is 10.8 Å². The van der Waals surface area contributed by atoms with Gasteiger partial charge in [-0.3, -0.25) is 0 Å². The molecule has 0 radical (unpaired) electrons. The topological polar surface area (TPSA) is 32.3 Å². The molecule has 0 bridgehead atoms. The van der Waals surface area contributed by atoms with E-state index in [0.717, 1.165) is 29.6 Å². The number of hydrogen-bond donors (Lipinski definition) is 2. The minimum atomic E-state index is -0.327. The van der Waals surface area contributed by atoms with Gasteiger partial charge in [0.15, 0.2) is 0 Å². The van der Waals surface area contributed by atoms with Crippen molar-refractivity contribution in [2.45, 2.75) is 12.5 Å². The second-order valence-electron chi connectivity index (χ2n) is 3.98. The standard InChI is InChI=1S/C13H13NO/c15-12-7-8-14-11-6-5-9-3-1-2-4-10(9)13(11)12/h1-6,12,14-15H,7-8H2. The fourth-order valence-electron chi connectivity index (χ4n) is 2.30. The minimum absolute atomic E-state index is 0.327. The molecule has 0 amide bonds. The van der Waals surface area contributed by atoms with Crippen LogP contribution >= 0.6 is 0 Å². The number of aliphatic hydroxyl groups is 1. The normalized spacial score (nSPS) is 19.7. The van der Waals surface area contributed by atoms with Gasteiger partial charge in [-0.2, -0.15) is 0 Å². The number of benzene rings is 2. The van der Waals surface area contributed by atoms with Crippen molar-refractivity contribution in [2.75, 3.05) is 11.9 Å². The molecule has 3 rings (SSSR count). The van der Waals surface area contributed by atoms with E-state index >= 15 is 0 Å². The monoisotopic (exact) mass is 199 g/mol. The maximum atomic E-state index is 10.0. The largest absolute Gasteiger partial charge is 0.388 e. The van der Waals surface area contributed by atoms with Crippen molar-refractivity contribution in [3.8, 4) is 0 Å². The molecule has 0 aromatic heterocycles. The molecular formula is C13H13NO. The Morgan fingerprint density at radius 2 is 2.00 bits per heavy atom. The summed E-state index contributed by atoms with van der Waals surface area (Å²) in [7, 11) is 0. The van der Waals surface area contributed by atoms with Gasteiger partial charge >= 0.3 is 0 Å². The molecule has 2 N–H and O–H groups in total. The third-order valence-electron chi connectivity index (χ3n) is 3.04. The van der Waals surface area contributed by atoms with Crippen LogP contribution in [0.5, 0.6) is 0 Å². The van der Waals surface area contributed by atoms with Crippen molar-refractivity contribution in [2.24, 2.45) is 0 Å². The Morgan fingerprint density at radius 3 is 2.93 bits per heavy atom. The number of hydrogen-bond acceptors (Lipinski definition) is 2. The summed E-state index contributed by atoms with van der Waals surface area (Å²) in [5, 5.41) is 15.7. The fraction of sp³-hybridized carbons (Fsp3) is 0.231. The first-order chi connectivity index (χ1) is 7.36. The molecule has 0 spiro atoms. The van der Waals surface area contributed by atoms with E-state index in [-0.39, 0.29) is 6.10 Å². The molecule has 1 heterocycles. The highest BCUT2D eigenvalue weighted by atomic mass is 16.3. The Balaban J connectivity index is 2.35. The first-order valence-electron chi connectivity index (χ1n) is 5.30. The van der Waals surface area contributed by atoms with Crippen molar-refractivity contribution in [1.82, 2.24) is 0 Å². The molecule has 2 nitrogen and oxygen atoms in total. The van der Waals surface area contributed by atoms with Crippen LogP contribution in [0.15, 0.2) is 36.4 Å². The van der Waals surface area contributed by atoms with Crippen LogP contribution in [0.3, 0.4) is 0 Å². The Kier molecular flexibility index (Phi) is 1.89. The van der Waals surface area contributed by atoms with Gasteiger partial charge in [0.1, 0.15) is 0 Å². The quantitative estimate of drug-likeness (QED) is 0.683. The molecule has 2 aromatic carbocycles. The summed E-state index contributed by atoms with van der Waals surface area (Å²) in [6, 6.07) is 12.3. The van der Waals surface area contributed by atoms with Gasteiger partial charge in [-0.15, -0.1) is 0 Å². The van der Waals surface area contributed by atoms with E-state index < -0.39 is 0 Å². The zero-order chi connectivity index (χ0) is 10.3. The van der Waals surface area contributed by atoms with Gasteiger partial charge in [-0.1, -0.05) is 30.3 Å². The maximum absolute atomic E-state index is 10.0. The van der Waals surface area contributed by atoms with E-state index in [4.69, 9.17) is 0 Å². The van der Waals surface area contributed by atoms with Gasteiger partial charge in [0.05, 0.1) is 6.10 Å². The molecule has 1 aliphatic heterocycles. The Morgan fingerprint density at radius 1 is 1.13 bits per heavy atom. The molecule has 2 aromatic rings. The lowest BCUT2D eigenvalue weighted by Crippen LogP contribution is -2.16. The average molecular weight is 199 g/mol. The number of nitrogens with one attached hydrogen (secondary N) is 1. The van der Waals surface area contributed by atoms with Crippen LogP contribution < -0.4 is 5.32 Å². The van der Waals surface area contributed by atoms with Crippen molar-refractivity contribution >= 4 is 16.5 Å². The van der Waals surface area contributed by atoms with Gasteiger partial charge < -0.3 is 10.4 Å². The zero-order valence-corrected chi connectivity index (χ0v) is 8.40. The van der Waals surface area contributed by atoms with E-state index in [1.807, 2.05) is 12.1 Å². The third-order valence-corrected chi connectivity index (χ3v) is 3.04. The minimum Gasteiger partial charge on any atom is -0.388 e. The summed E-state index contributed by atoms with van der Waals surface area (Å²) in [5.74, 6) is 0. The van der Waals surface area contributed by atoms with Crippen molar-refractivity contribution in [1.29, 1.82) is 0 Å². The second-order valence-corrected chi connectivity index (χ2v) is 3.98. The summed E-state index contributed by atoms with van der Waals surface area (Å²) < 4.78 is 0. The first kappa shape index (κ1) is 8.74. The van der Waals surface area contributed by atoms with E-state index in [1.165, 1.54) is 5.39 Å². The van der Waals surface area contributed by atoms with Crippen LogP contribution in [-0.4, -0.2) is 11.7 Å². The number of fused-ring (bicyclic) bond motifs is 3. The van der Waals surface area contributed by atoms with E-state index in [2.05, 4.69) is 29.6 Å². The number of anilines is 1. The van der Waals surface area contributed by atoms with Gasteiger partial charge in [-0.25, -0.2) is 0 Å². The zero-order valence-electron chi connectivity index (χ0n) is 8.40. The predicted molar refractivity (Wildman–Crippen MR) is 62.0 cm³/mol. The molecule has 1 aliphatic rings. The highest BCUT2D eigenvalue weighted by Gasteiger charge is 2.19. The van der Waals surface area contributed by atoms with Crippen LogP contribution in [0.2, 0.25) is 0 Å². The van der Waals surface area contributed by atoms with Gasteiger partial charge in [0.25, 0.3) is 0 Å². The van der Waals surface area contributed by atoms with Crippen LogP contribution in [0.4, 0.5) is 5.69 Å². The summed E-state index contributed by atoms with van der Waals surface area (Å²) in [4.78, 5) is 0. The molecular weight excluding hydrogens is 186 g/mol. The SMILES string of the molecule is OC1CCNc2ccc3ccccc3c21. The molecule has 1 unspecified atom stereocenters. The molecule has 76 valence electrons. The van der Waals surface area contributed by atoms with Crippen LogP contribution in [-0.2, 0) is 0 Å². The molecule has 15 heavy (non-hydrogen) atoms. The highest BCUT2D eigenvalue weighted by molar-refractivity contribution is 5.90. The lowest BCUT2D eigenvalue weighted by atomic mass is 9.94. The Labute approximate surface area is 88.5 Å². The summed E-state index contributed by atoms with van der Waals surface area (Å²) >= 11 is 0. The average Bonchev–Trinajstić information content (AvgIpc) is 2.29. The first-order valence-corrected chi connectivity index (χ1v) is 5.30. The molecule has 0 saturated carbocycles. The smallest absolute Gasteiger partial charge is 0.0832 e. The van der Waals surface area contributed by atoms with Crippen molar-refractivity contribution < 1.29 is 5.11 Å². The third kappa shape index (κ3) is 1.29. The second kappa shape index (κ2) is 3.24. The highest BCUT2D eigenvalue weighted by Crippen LogP contribution is 2.35. The fourth-order valence-corrected chi connectivity index (χ4v) is 2.30. The lowest BCUT2D eigenvalue weighted by molar-refractivity contribution is 0.170. The van der Waals surface area contributed by atoms with Crippen LogP contribution in [0, 0.1) is 0 Å². The summed E-state index contributed by atoms with van der Waals surface area (Å²) in [5.41, 5.74) is 2.13. The maximum Gasteiger partial charge on any atom is 0.0832 e. The van der Waals surface area contributed by atoms with E-state index in [0.29, 0.717) is 0 Å². The van der Waals surface area contributed by atoms with Gasteiger partial charge in [-0.05, 0) is 23.3 Å². The summed E-state index contributed by atoms with van der Waals surface area (Å²) in [6.07, 6.45) is 0.466. The summed E-state index contributed by atoms with van der Waals surface area (Å²) in [6.45, 7) is 0.854. The molecule has 0 saturated heterocycles. The predicted octanol–water partition coefficient (Wildman–Crippen LogP) is 2.69. The Hall–Kier alpha value is -1.54. The molecule has 1 atom stereocenters. The molecule has 2 heteroatoms. The van der Waals surface area contributed by atoms with E-state index in [1.54, 1.807) is 0 Å². The lowest BCUT2D eigenvalue weighted by Gasteiger charge is -2.24. The van der Waals surface area contributed by atoms with Gasteiger partial charge in [0.2, 0.25) is 0 Å².